The highest BCUT2D eigenvalue weighted by Gasteiger charge is 2.27. The zero-order valence-corrected chi connectivity index (χ0v) is 14.8. The van der Waals surface area contributed by atoms with Gasteiger partial charge in [0.1, 0.15) is 0 Å². The molecule has 0 saturated heterocycles. The van der Waals surface area contributed by atoms with Crippen LogP contribution >= 0.6 is 12.4 Å². The minimum Gasteiger partial charge on any atom is -0.323 e. The highest BCUT2D eigenvalue weighted by Crippen LogP contribution is 2.26. The van der Waals surface area contributed by atoms with E-state index in [0.717, 1.165) is 29.1 Å². The van der Waals surface area contributed by atoms with Gasteiger partial charge < -0.3 is 15.1 Å². The van der Waals surface area contributed by atoms with Gasteiger partial charge >= 0.3 is 6.03 Å². The fourth-order valence-electron chi connectivity index (χ4n) is 3.02. The molecule has 1 unspecified atom stereocenters. The van der Waals surface area contributed by atoms with Gasteiger partial charge in [-0.25, -0.2) is 10.2 Å². The lowest BCUT2D eigenvalue weighted by molar-refractivity contribution is -0.122. The van der Waals surface area contributed by atoms with Gasteiger partial charge in [-0.05, 0) is 37.4 Å². The Morgan fingerprint density at radius 1 is 1.33 bits per heavy atom. The lowest BCUT2D eigenvalue weighted by Crippen LogP contribution is -2.39. The highest BCUT2D eigenvalue weighted by atomic mass is 35.5. The molecule has 0 saturated carbocycles. The van der Waals surface area contributed by atoms with Gasteiger partial charge in [0.05, 0.1) is 5.71 Å². The summed E-state index contributed by atoms with van der Waals surface area (Å²) >= 11 is 0. The quantitative estimate of drug-likeness (QED) is 0.866. The summed E-state index contributed by atoms with van der Waals surface area (Å²) in [6.45, 7) is 1.33. The van der Waals surface area contributed by atoms with Crippen molar-refractivity contribution in [2.45, 2.75) is 13.0 Å². The molecule has 2 aliphatic rings. The van der Waals surface area contributed by atoms with Crippen molar-refractivity contribution >= 4 is 35.7 Å². The summed E-state index contributed by atoms with van der Waals surface area (Å²) in [7, 11) is 5.74. The van der Waals surface area contributed by atoms with E-state index in [1.807, 2.05) is 32.3 Å². The number of anilines is 1. The number of hydrazone groups is 1. The molecule has 1 atom stereocenters. The maximum Gasteiger partial charge on any atom is 0.321 e. The van der Waals surface area contributed by atoms with Gasteiger partial charge in [-0.2, -0.15) is 5.10 Å². The first-order valence-corrected chi connectivity index (χ1v) is 7.60. The third-order valence-corrected chi connectivity index (χ3v) is 4.10. The van der Waals surface area contributed by atoms with E-state index in [2.05, 4.69) is 20.7 Å². The molecule has 0 spiro atoms. The average Bonchev–Trinajstić information content (AvgIpc) is 2.48. The molecule has 8 heteroatoms. The van der Waals surface area contributed by atoms with Gasteiger partial charge in [0.25, 0.3) is 0 Å². The van der Waals surface area contributed by atoms with Crippen molar-refractivity contribution in [1.82, 2.24) is 15.2 Å². The first kappa shape index (κ1) is 18.2. The normalized spacial score (nSPS) is 19.9. The van der Waals surface area contributed by atoms with Gasteiger partial charge in [-0.15, -0.1) is 12.4 Å². The predicted molar refractivity (Wildman–Crippen MR) is 95.5 cm³/mol. The number of amides is 3. The van der Waals surface area contributed by atoms with Crippen molar-refractivity contribution in [3.05, 3.63) is 29.3 Å². The summed E-state index contributed by atoms with van der Waals surface area (Å²) in [5, 5.41) is 7.15. The van der Waals surface area contributed by atoms with E-state index >= 15 is 0 Å². The van der Waals surface area contributed by atoms with Crippen LogP contribution in [0.2, 0.25) is 0 Å². The Hall–Kier alpha value is -2.12. The molecule has 1 aromatic carbocycles. The molecule has 0 radical (unpaired) electrons. The van der Waals surface area contributed by atoms with Crippen LogP contribution in [0.5, 0.6) is 0 Å². The number of fused-ring (bicyclic) bond motifs is 1. The second-order valence-electron chi connectivity index (χ2n) is 6.35. The largest absolute Gasteiger partial charge is 0.323 e. The van der Waals surface area contributed by atoms with Crippen LogP contribution in [0.1, 0.15) is 17.5 Å². The van der Waals surface area contributed by atoms with E-state index in [4.69, 9.17) is 0 Å². The number of halogens is 1. The molecule has 130 valence electrons. The lowest BCUT2D eigenvalue weighted by atomic mass is 9.90. The number of benzene rings is 1. The number of nitrogens with one attached hydrogen (secondary N) is 2. The average molecular weight is 352 g/mol. The maximum absolute atomic E-state index is 11.7. The summed E-state index contributed by atoms with van der Waals surface area (Å²) in [5.74, 6) is 0.0123. The number of hydrogen-bond donors (Lipinski definition) is 2. The SMILES string of the molecule is CN(C)CC1CC(=O)NN=C1c1ccc2c(c1)CN(C)C(=O)N2.Cl. The summed E-state index contributed by atoms with van der Waals surface area (Å²) in [5.41, 5.74) is 6.34. The van der Waals surface area contributed by atoms with Crippen molar-refractivity contribution in [3.63, 3.8) is 0 Å². The topological polar surface area (TPSA) is 77.0 Å². The zero-order chi connectivity index (χ0) is 16.6. The molecule has 3 rings (SSSR count). The van der Waals surface area contributed by atoms with Crippen molar-refractivity contribution in [2.24, 2.45) is 11.0 Å². The fraction of sp³-hybridized carbons (Fsp3) is 0.438. The van der Waals surface area contributed by atoms with Crippen LogP contribution in [0.4, 0.5) is 10.5 Å². The first-order chi connectivity index (χ1) is 10.9. The summed E-state index contributed by atoms with van der Waals surface area (Å²) in [6, 6.07) is 5.80. The van der Waals surface area contributed by atoms with Crippen molar-refractivity contribution in [2.75, 3.05) is 33.0 Å². The zero-order valence-electron chi connectivity index (χ0n) is 14.0. The second kappa shape index (κ2) is 7.19. The van der Waals surface area contributed by atoms with Crippen LogP contribution in [0, 0.1) is 5.92 Å². The first-order valence-electron chi connectivity index (χ1n) is 7.60. The molecule has 7 nitrogen and oxygen atoms in total. The van der Waals surface area contributed by atoms with Gasteiger partial charge in [-0.3, -0.25) is 4.79 Å². The monoisotopic (exact) mass is 351 g/mol. The Labute approximate surface area is 147 Å². The molecule has 0 bridgehead atoms. The molecule has 0 aromatic heterocycles. The molecule has 1 aromatic rings. The third kappa shape index (κ3) is 3.68. The summed E-state index contributed by atoms with van der Waals surface area (Å²) in [4.78, 5) is 27.0. The summed E-state index contributed by atoms with van der Waals surface area (Å²) < 4.78 is 0. The third-order valence-electron chi connectivity index (χ3n) is 4.10. The van der Waals surface area contributed by atoms with Gasteiger partial charge in [0.15, 0.2) is 0 Å². The van der Waals surface area contributed by atoms with Crippen LogP contribution in [-0.2, 0) is 11.3 Å². The van der Waals surface area contributed by atoms with E-state index < -0.39 is 0 Å². The van der Waals surface area contributed by atoms with Crippen LogP contribution < -0.4 is 10.7 Å². The summed E-state index contributed by atoms with van der Waals surface area (Å²) in [6.07, 6.45) is 0.435. The number of carbonyl (C=O) groups is 2. The standard InChI is InChI=1S/C16H21N5O2.ClH/c1-20(2)8-12-7-14(22)18-19-15(12)10-4-5-13-11(6-10)9-21(3)16(23)17-13;/h4-6,12H,7-9H2,1-3H3,(H,17,23)(H,18,22);1H. The molecular formula is C16H22ClN5O2. The van der Waals surface area contributed by atoms with Gasteiger partial charge in [0, 0.05) is 38.2 Å². The fourth-order valence-corrected chi connectivity index (χ4v) is 3.02. The smallest absolute Gasteiger partial charge is 0.321 e. The predicted octanol–water partition coefficient (Wildman–Crippen LogP) is 1.49. The number of carbonyl (C=O) groups excluding carboxylic acids is 2. The Balaban J connectivity index is 0.00000208. The van der Waals surface area contributed by atoms with E-state index in [9.17, 15) is 9.59 Å². The number of rotatable bonds is 3. The second-order valence-corrected chi connectivity index (χ2v) is 6.35. The number of urea groups is 1. The highest BCUT2D eigenvalue weighted by molar-refractivity contribution is 6.06. The Bertz CT molecular complexity index is 689. The molecule has 2 heterocycles. The van der Waals surface area contributed by atoms with Gasteiger partial charge in [0.2, 0.25) is 5.91 Å². The Kier molecular flexibility index (Phi) is 5.46. The van der Waals surface area contributed by atoms with E-state index in [0.29, 0.717) is 13.0 Å². The minimum atomic E-state index is -0.0991. The van der Waals surface area contributed by atoms with Crippen LogP contribution in [0.15, 0.2) is 23.3 Å². The van der Waals surface area contributed by atoms with Crippen molar-refractivity contribution in [1.29, 1.82) is 0 Å². The van der Waals surface area contributed by atoms with Crippen LogP contribution in [-0.4, -0.2) is 55.1 Å². The lowest BCUT2D eigenvalue weighted by Gasteiger charge is -2.28. The molecule has 0 aliphatic carbocycles. The molecule has 24 heavy (non-hydrogen) atoms. The molecule has 3 amide bonds. The van der Waals surface area contributed by atoms with E-state index in [1.54, 1.807) is 11.9 Å². The Morgan fingerprint density at radius 2 is 2.08 bits per heavy atom. The molecular weight excluding hydrogens is 330 g/mol. The van der Waals surface area contributed by atoms with Crippen LogP contribution in [0.25, 0.3) is 0 Å². The maximum atomic E-state index is 11.7. The molecule has 2 N–H and O–H groups in total. The van der Waals surface area contributed by atoms with Gasteiger partial charge in [-0.1, -0.05) is 6.07 Å². The Morgan fingerprint density at radius 3 is 2.79 bits per heavy atom. The van der Waals surface area contributed by atoms with E-state index in [1.165, 1.54) is 0 Å². The number of hydrogen-bond acceptors (Lipinski definition) is 4. The minimum absolute atomic E-state index is 0. The molecule has 0 fully saturated rings. The number of nitrogens with zero attached hydrogens (tertiary/aromatic N) is 3. The van der Waals surface area contributed by atoms with Crippen molar-refractivity contribution < 1.29 is 9.59 Å². The molecule has 2 aliphatic heterocycles. The van der Waals surface area contributed by atoms with Crippen LogP contribution in [0.3, 0.4) is 0 Å². The van der Waals surface area contributed by atoms with Crippen molar-refractivity contribution in [3.8, 4) is 0 Å². The van der Waals surface area contributed by atoms with E-state index in [-0.39, 0.29) is 30.3 Å².